The molecular formula is C13H16F3N3O4S. The van der Waals surface area contributed by atoms with Crippen LogP contribution < -0.4 is 9.62 Å². The van der Waals surface area contributed by atoms with Gasteiger partial charge in [-0.05, 0) is 32.0 Å². The molecule has 1 aromatic carbocycles. The first-order valence-electron chi connectivity index (χ1n) is 7.10. The van der Waals surface area contributed by atoms with Crippen LogP contribution in [-0.4, -0.2) is 39.7 Å². The Morgan fingerprint density at radius 1 is 1.38 bits per heavy atom. The predicted octanol–water partition coefficient (Wildman–Crippen LogP) is 2.28. The molecule has 1 fully saturated rings. The third kappa shape index (κ3) is 3.78. The van der Waals surface area contributed by atoms with Crippen LogP contribution >= 0.6 is 0 Å². The third-order valence-corrected chi connectivity index (χ3v) is 5.36. The molecular weight excluding hydrogens is 351 g/mol. The molecule has 0 aromatic heterocycles. The lowest BCUT2D eigenvalue weighted by atomic mass is 9.97. The first kappa shape index (κ1) is 18.5. The zero-order valence-electron chi connectivity index (χ0n) is 12.7. The Labute approximate surface area is 136 Å². The number of benzene rings is 1. The van der Waals surface area contributed by atoms with E-state index in [9.17, 15) is 31.7 Å². The van der Waals surface area contributed by atoms with E-state index in [1.165, 1.54) is 11.0 Å². The molecule has 11 heteroatoms. The maximum atomic E-state index is 12.9. The van der Waals surface area contributed by atoms with Gasteiger partial charge in [-0.15, -0.1) is 0 Å². The molecule has 1 N–H and O–H groups in total. The van der Waals surface area contributed by atoms with E-state index in [1.807, 2.05) is 4.72 Å². The highest BCUT2D eigenvalue weighted by atomic mass is 32.2. The molecule has 1 heterocycles. The van der Waals surface area contributed by atoms with Gasteiger partial charge in [-0.1, -0.05) is 0 Å². The number of halogens is 3. The number of nitrogens with zero attached hydrogens (tertiary/aromatic N) is 2. The van der Waals surface area contributed by atoms with Crippen molar-refractivity contribution in [3.05, 3.63) is 28.3 Å². The summed E-state index contributed by atoms with van der Waals surface area (Å²) in [6, 6.07) is 3.19. The van der Waals surface area contributed by atoms with Gasteiger partial charge in [0.05, 0.1) is 15.7 Å². The van der Waals surface area contributed by atoms with Crippen molar-refractivity contribution in [2.45, 2.75) is 23.9 Å². The fourth-order valence-corrected chi connectivity index (χ4v) is 3.41. The van der Waals surface area contributed by atoms with Crippen molar-refractivity contribution in [3.63, 3.8) is 0 Å². The summed E-state index contributed by atoms with van der Waals surface area (Å²) >= 11 is 0. The second-order valence-electron chi connectivity index (χ2n) is 5.44. The first-order valence-corrected chi connectivity index (χ1v) is 8.58. The number of piperidine rings is 1. The van der Waals surface area contributed by atoms with Crippen molar-refractivity contribution in [2.75, 3.05) is 25.0 Å². The molecule has 134 valence electrons. The summed E-state index contributed by atoms with van der Waals surface area (Å²) < 4.78 is 64.3. The molecule has 2 rings (SSSR count). The largest absolute Gasteiger partial charge is 0.393 e. The molecule has 7 nitrogen and oxygen atoms in total. The fraction of sp³-hybridized carbons (Fsp3) is 0.538. The second kappa shape index (κ2) is 6.55. The standard InChI is InChI=1S/C13H16F3N3O4S/c1-17-24(22,23)10-4-5-11(12(7-10)19(20)21)18-6-2-3-9(8-18)13(14,15)16/h4-5,7,9,17H,2-3,6,8H2,1H3/t9-/m0/s1. The van der Waals surface area contributed by atoms with E-state index in [1.54, 1.807) is 0 Å². The van der Waals surface area contributed by atoms with Gasteiger partial charge in [0.2, 0.25) is 10.0 Å². The minimum Gasteiger partial charge on any atom is -0.365 e. The van der Waals surface area contributed by atoms with Crippen LogP contribution in [0, 0.1) is 16.0 Å². The summed E-state index contributed by atoms with van der Waals surface area (Å²) in [5.74, 6) is -1.56. The minimum atomic E-state index is -4.37. The smallest absolute Gasteiger partial charge is 0.365 e. The molecule has 0 spiro atoms. The van der Waals surface area contributed by atoms with Crippen LogP contribution in [0.15, 0.2) is 23.1 Å². The maximum Gasteiger partial charge on any atom is 0.393 e. The Bertz CT molecular complexity index is 736. The molecule has 0 radical (unpaired) electrons. The van der Waals surface area contributed by atoms with Crippen LogP contribution in [0.2, 0.25) is 0 Å². The average molecular weight is 367 g/mol. The molecule has 0 bridgehead atoms. The lowest BCUT2D eigenvalue weighted by molar-refractivity contribution is -0.384. The van der Waals surface area contributed by atoms with Crippen molar-refractivity contribution in [1.82, 2.24) is 4.72 Å². The van der Waals surface area contributed by atoms with E-state index in [-0.39, 0.29) is 36.5 Å². The summed E-state index contributed by atoms with van der Waals surface area (Å²) in [6.07, 6.45) is -4.15. The van der Waals surface area contributed by atoms with Crippen LogP contribution in [0.5, 0.6) is 0 Å². The first-order chi connectivity index (χ1) is 11.1. The zero-order valence-corrected chi connectivity index (χ0v) is 13.5. The van der Waals surface area contributed by atoms with Gasteiger partial charge < -0.3 is 4.90 Å². The normalized spacial score (nSPS) is 19.3. The second-order valence-corrected chi connectivity index (χ2v) is 7.33. The highest BCUT2D eigenvalue weighted by molar-refractivity contribution is 7.89. The van der Waals surface area contributed by atoms with Gasteiger partial charge >= 0.3 is 6.18 Å². The number of nitrogens with one attached hydrogen (secondary N) is 1. The molecule has 1 aliphatic heterocycles. The molecule has 1 aromatic rings. The van der Waals surface area contributed by atoms with E-state index in [2.05, 4.69) is 0 Å². The monoisotopic (exact) mass is 367 g/mol. The van der Waals surface area contributed by atoms with Gasteiger partial charge in [-0.2, -0.15) is 13.2 Å². The van der Waals surface area contributed by atoms with Gasteiger partial charge in [0.15, 0.2) is 0 Å². The number of rotatable bonds is 4. The number of anilines is 1. The number of hydrogen-bond donors (Lipinski definition) is 1. The lowest BCUT2D eigenvalue weighted by Crippen LogP contribution is -2.42. The van der Waals surface area contributed by atoms with Gasteiger partial charge in [0, 0.05) is 19.2 Å². The number of hydrogen-bond acceptors (Lipinski definition) is 5. The van der Waals surface area contributed by atoms with Crippen LogP contribution in [-0.2, 0) is 10.0 Å². The zero-order chi connectivity index (χ0) is 18.1. The molecule has 1 saturated heterocycles. The van der Waals surface area contributed by atoms with Crippen molar-refractivity contribution in [2.24, 2.45) is 5.92 Å². The van der Waals surface area contributed by atoms with Gasteiger partial charge in [0.25, 0.3) is 5.69 Å². The van der Waals surface area contributed by atoms with Crippen molar-refractivity contribution >= 4 is 21.4 Å². The fourth-order valence-electron chi connectivity index (χ4n) is 2.67. The number of alkyl halides is 3. The Kier molecular flexibility index (Phi) is 5.04. The summed E-state index contributed by atoms with van der Waals surface area (Å²) in [5, 5.41) is 11.3. The highest BCUT2D eigenvalue weighted by Gasteiger charge is 2.42. The predicted molar refractivity (Wildman–Crippen MR) is 80.3 cm³/mol. The van der Waals surface area contributed by atoms with Crippen LogP contribution in [0.25, 0.3) is 0 Å². The Morgan fingerprint density at radius 3 is 2.58 bits per heavy atom. The molecule has 0 saturated carbocycles. The summed E-state index contributed by atoms with van der Waals surface area (Å²) in [5.41, 5.74) is -0.543. The molecule has 24 heavy (non-hydrogen) atoms. The minimum absolute atomic E-state index is 0.0102. The Hall–Kier alpha value is -1.88. The van der Waals surface area contributed by atoms with Gasteiger partial charge in [0.1, 0.15) is 5.69 Å². The Balaban J connectivity index is 2.41. The van der Waals surface area contributed by atoms with Crippen LogP contribution in [0.3, 0.4) is 0 Å². The summed E-state index contributed by atoms with van der Waals surface area (Å²) in [7, 11) is -2.73. The molecule has 1 aliphatic rings. The van der Waals surface area contributed by atoms with Crippen LogP contribution in [0.4, 0.5) is 24.5 Å². The molecule has 0 unspecified atom stereocenters. The topological polar surface area (TPSA) is 92.6 Å². The van der Waals surface area contributed by atoms with Crippen molar-refractivity contribution in [1.29, 1.82) is 0 Å². The summed E-state index contributed by atoms with van der Waals surface area (Å²) in [4.78, 5) is 11.4. The molecule has 0 aliphatic carbocycles. The van der Waals surface area contributed by atoms with Crippen LogP contribution in [0.1, 0.15) is 12.8 Å². The van der Waals surface area contributed by atoms with Gasteiger partial charge in [-0.25, -0.2) is 13.1 Å². The van der Waals surface area contributed by atoms with Crippen molar-refractivity contribution in [3.8, 4) is 0 Å². The lowest BCUT2D eigenvalue weighted by Gasteiger charge is -2.34. The van der Waals surface area contributed by atoms with E-state index >= 15 is 0 Å². The summed E-state index contributed by atoms with van der Waals surface area (Å²) in [6.45, 7) is -0.145. The van der Waals surface area contributed by atoms with E-state index in [0.717, 1.165) is 19.2 Å². The number of nitro groups is 1. The SMILES string of the molecule is CNS(=O)(=O)c1ccc(N2CCC[C@H](C(F)(F)F)C2)c([N+](=O)[O-])c1. The third-order valence-electron chi connectivity index (χ3n) is 3.95. The van der Waals surface area contributed by atoms with E-state index in [4.69, 9.17) is 0 Å². The number of sulfonamides is 1. The highest BCUT2D eigenvalue weighted by Crippen LogP contribution is 2.38. The maximum absolute atomic E-state index is 12.9. The number of nitro benzene ring substituents is 1. The van der Waals surface area contributed by atoms with Crippen molar-refractivity contribution < 1.29 is 26.5 Å². The van der Waals surface area contributed by atoms with Gasteiger partial charge in [-0.3, -0.25) is 10.1 Å². The quantitative estimate of drug-likeness (QED) is 0.651. The van der Waals surface area contributed by atoms with E-state index < -0.39 is 32.7 Å². The molecule has 1 atom stereocenters. The average Bonchev–Trinajstić information content (AvgIpc) is 2.53. The Morgan fingerprint density at radius 2 is 2.04 bits per heavy atom. The molecule has 0 amide bonds. The van der Waals surface area contributed by atoms with E-state index in [0.29, 0.717) is 0 Å².